The number of pyridine rings is 1. The zero-order valence-corrected chi connectivity index (χ0v) is 8.06. The Labute approximate surface area is 83.4 Å². The molecule has 3 N–H and O–H groups in total. The van der Waals surface area contributed by atoms with Crippen molar-refractivity contribution in [1.29, 1.82) is 0 Å². The zero-order chi connectivity index (χ0) is 9.97. The molecule has 2 heterocycles. The van der Waals surface area contributed by atoms with Gasteiger partial charge in [-0.2, -0.15) is 0 Å². The third kappa shape index (κ3) is 2.21. The molecule has 76 valence electrons. The van der Waals surface area contributed by atoms with Crippen LogP contribution >= 0.6 is 0 Å². The fourth-order valence-corrected chi connectivity index (χ4v) is 1.74. The number of nitrogen functional groups attached to an aromatic ring is 1. The van der Waals surface area contributed by atoms with Gasteiger partial charge < -0.3 is 10.8 Å². The van der Waals surface area contributed by atoms with Crippen molar-refractivity contribution in [3.8, 4) is 0 Å². The lowest BCUT2D eigenvalue weighted by Gasteiger charge is -2.14. The minimum absolute atomic E-state index is 0.156. The fraction of sp³-hybridized carbons (Fsp3) is 0.500. The molecule has 1 saturated heterocycles. The first-order chi connectivity index (χ1) is 6.74. The van der Waals surface area contributed by atoms with Gasteiger partial charge in [-0.3, -0.25) is 4.90 Å². The summed E-state index contributed by atoms with van der Waals surface area (Å²) in [4.78, 5) is 6.25. The van der Waals surface area contributed by atoms with Crippen molar-refractivity contribution in [2.75, 3.05) is 18.8 Å². The number of aliphatic hydroxyl groups excluding tert-OH is 1. The van der Waals surface area contributed by atoms with E-state index in [-0.39, 0.29) is 6.10 Å². The molecule has 2 rings (SSSR count). The van der Waals surface area contributed by atoms with Gasteiger partial charge in [0.15, 0.2) is 0 Å². The Hall–Kier alpha value is -1.13. The van der Waals surface area contributed by atoms with E-state index in [2.05, 4.69) is 9.88 Å². The maximum absolute atomic E-state index is 9.34. The van der Waals surface area contributed by atoms with Crippen molar-refractivity contribution in [2.24, 2.45) is 0 Å². The van der Waals surface area contributed by atoms with E-state index < -0.39 is 0 Å². The van der Waals surface area contributed by atoms with Crippen LogP contribution in [0.5, 0.6) is 0 Å². The van der Waals surface area contributed by atoms with Gasteiger partial charge in [0.05, 0.1) is 6.10 Å². The second kappa shape index (κ2) is 3.94. The van der Waals surface area contributed by atoms with Crippen LogP contribution in [0.25, 0.3) is 0 Å². The lowest BCUT2D eigenvalue weighted by atomic mass is 10.2. The lowest BCUT2D eigenvalue weighted by molar-refractivity contribution is 0.175. The van der Waals surface area contributed by atoms with Crippen LogP contribution in [-0.2, 0) is 6.54 Å². The highest BCUT2D eigenvalue weighted by Crippen LogP contribution is 2.13. The molecule has 0 amide bonds. The van der Waals surface area contributed by atoms with Crippen LogP contribution in [0.15, 0.2) is 18.3 Å². The molecule has 4 nitrogen and oxygen atoms in total. The minimum Gasteiger partial charge on any atom is -0.392 e. The van der Waals surface area contributed by atoms with Gasteiger partial charge >= 0.3 is 0 Å². The molecule has 0 bridgehead atoms. The molecule has 4 heteroatoms. The summed E-state index contributed by atoms with van der Waals surface area (Å²) in [5.41, 5.74) is 6.64. The molecular formula is C10H15N3O. The molecule has 1 atom stereocenters. The third-order valence-electron chi connectivity index (χ3n) is 2.50. The molecular weight excluding hydrogens is 178 g/mol. The monoisotopic (exact) mass is 193 g/mol. The number of likely N-dealkylation sites (tertiary alicyclic amines) is 1. The van der Waals surface area contributed by atoms with E-state index >= 15 is 0 Å². The van der Waals surface area contributed by atoms with E-state index in [1.165, 1.54) is 0 Å². The van der Waals surface area contributed by atoms with Crippen molar-refractivity contribution in [3.63, 3.8) is 0 Å². The number of hydrogen-bond donors (Lipinski definition) is 2. The summed E-state index contributed by atoms with van der Waals surface area (Å²) in [5, 5.41) is 9.34. The summed E-state index contributed by atoms with van der Waals surface area (Å²) >= 11 is 0. The number of nitrogens with zero attached hydrogens (tertiary/aromatic N) is 2. The van der Waals surface area contributed by atoms with Gasteiger partial charge in [-0.05, 0) is 18.1 Å². The van der Waals surface area contributed by atoms with Gasteiger partial charge in [-0.25, -0.2) is 4.98 Å². The predicted octanol–water partition coefficient (Wildman–Crippen LogP) is 0.230. The Bertz CT molecular complexity index is 299. The normalized spacial score (nSPS) is 22.8. The van der Waals surface area contributed by atoms with Crippen molar-refractivity contribution >= 4 is 5.82 Å². The SMILES string of the molecule is Nc1ccc(CN2CCC(O)C2)cn1. The molecule has 1 aromatic heterocycles. The van der Waals surface area contributed by atoms with E-state index in [1.807, 2.05) is 12.1 Å². The van der Waals surface area contributed by atoms with E-state index in [0.717, 1.165) is 31.6 Å². The summed E-state index contributed by atoms with van der Waals surface area (Å²) in [5.74, 6) is 0.551. The van der Waals surface area contributed by atoms with Gasteiger partial charge in [0.25, 0.3) is 0 Å². The second-order valence-electron chi connectivity index (χ2n) is 3.77. The number of nitrogens with two attached hydrogens (primary N) is 1. The number of aromatic nitrogens is 1. The van der Waals surface area contributed by atoms with Gasteiger partial charge in [0.1, 0.15) is 5.82 Å². The first-order valence-electron chi connectivity index (χ1n) is 4.85. The fourth-order valence-electron chi connectivity index (χ4n) is 1.74. The molecule has 14 heavy (non-hydrogen) atoms. The topological polar surface area (TPSA) is 62.4 Å². The average Bonchev–Trinajstić information content (AvgIpc) is 2.56. The number of β-amino-alcohol motifs (C(OH)–C–C–N with tert-alkyl or cyclic N) is 1. The standard InChI is InChI=1S/C10H15N3O/c11-10-2-1-8(5-12-10)6-13-4-3-9(14)7-13/h1-2,5,9,14H,3-4,6-7H2,(H2,11,12). The van der Waals surface area contributed by atoms with Crippen LogP contribution in [0.2, 0.25) is 0 Å². The predicted molar refractivity (Wildman–Crippen MR) is 54.6 cm³/mol. The summed E-state index contributed by atoms with van der Waals surface area (Å²) in [6.45, 7) is 2.58. The molecule has 0 spiro atoms. The summed E-state index contributed by atoms with van der Waals surface area (Å²) in [7, 11) is 0. The largest absolute Gasteiger partial charge is 0.392 e. The Morgan fingerprint density at radius 2 is 2.43 bits per heavy atom. The summed E-state index contributed by atoms with van der Waals surface area (Å²) in [6.07, 6.45) is 2.51. The smallest absolute Gasteiger partial charge is 0.123 e. The molecule has 1 unspecified atom stereocenters. The van der Waals surface area contributed by atoms with Crippen LogP contribution in [0.3, 0.4) is 0 Å². The van der Waals surface area contributed by atoms with Crippen LogP contribution < -0.4 is 5.73 Å². The Morgan fingerprint density at radius 1 is 1.57 bits per heavy atom. The van der Waals surface area contributed by atoms with Gasteiger partial charge in [-0.15, -0.1) is 0 Å². The molecule has 0 radical (unpaired) electrons. The maximum Gasteiger partial charge on any atom is 0.123 e. The van der Waals surface area contributed by atoms with Gasteiger partial charge in [0.2, 0.25) is 0 Å². The molecule has 1 aliphatic heterocycles. The van der Waals surface area contributed by atoms with Gasteiger partial charge in [0, 0.05) is 25.8 Å². The highest BCUT2D eigenvalue weighted by atomic mass is 16.3. The molecule has 1 aromatic rings. The molecule has 0 saturated carbocycles. The lowest BCUT2D eigenvalue weighted by Crippen LogP contribution is -2.21. The Morgan fingerprint density at radius 3 is 3.00 bits per heavy atom. The van der Waals surface area contributed by atoms with Crippen LogP contribution in [0.1, 0.15) is 12.0 Å². The van der Waals surface area contributed by atoms with Crippen LogP contribution in [-0.4, -0.2) is 34.2 Å². The second-order valence-corrected chi connectivity index (χ2v) is 3.77. The molecule has 1 aliphatic rings. The van der Waals surface area contributed by atoms with Gasteiger partial charge in [-0.1, -0.05) is 6.07 Å². The van der Waals surface area contributed by atoms with Crippen LogP contribution in [0, 0.1) is 0 Å². The number of aliphatic hydroxyl groups is 1. The summed E-state index contributed by atoms with van der Waals surface area (Å²) in [6, 6.07) is 3.79. The zero-order valence-electron chi connectivity index (χ0n) is 8.06. The molecule has 1 fully saturated rings. The highest BCUT2D eigenvalue weighted by Gasteiger charge is 2.19. The number of anilines is 1. The first kappa shape index (κ1) is 9.43. The quantitative estimate of drug-likeness (QED) is 0.706. The van der Waals surface area contributed by atoms with Crippen molar-refractivity contribution in [2.45, 2.75) is 19.1 Å². The summed E-state index contributed by atoms with van der Waals surface area (Å²) < 4.78 is 0. The van der Waals surface area contributed by atoms with Crippen molar-refractivity contribution < 1.29 is 5.11 Å². The van der Waals surface area contributed by atoms with E-state index in [9.17, 15) is 5.11 Å². The Kier molecular flexibility index (Phi) is 2.65. The minimum atomic E-state index is -0.156. The number of hydrogen-bond acceptors (Lipinski definition) is 4. The molecule has 0 aliphatic carbocycles. The number of rotatable bonds is 2. The van der Waals surface area contributed by atoms with E-state index in [4.69, 9.17) is 5.73 Å². The van der Waals surface area contributed by atoms with Crippen molar-refractivity contribution in [1.82, 2.24) is 9.88 Å². The average molecular weight is 193 g/mol. The van der Waals surface area contributed by atoms with Crippen molar-refractivity contribution in [3.05, 3.63) is 23.9 Å². The van der Waals surface area contributed by atoms with E-state index in [0.29, 0.717) is 5.82 Å². The highest BCUT2D eigenvalue weighted by molar-refractivity contribution is 5.29. The Balaban J connectivity index is 1.94. The van der Waals surface area contributed by atoms with Crippen LogP contribution in [0.4, 0.5) is 5.82 Å². The first-order valence-corrected chi connectivity index (χ1v) is 4.85. The van der Waals surface area contributed by atoms with E-state index in [1.54, 1.807) is 6.20 Å². The third-order valence-corrected chi connectivity index (χ3v) is 2.50. The molecule has 0 aromatic carbocycles. The maximum atomic E-state index is 9.34.